The average molecular weight is 583 g/mol. The zero-order chi connectivity index (χ0) is 29.5. The lowest BCUT2D eigenvalue weighted by Crippen LogP contribution is -2.44. The lowest BCUT2D eigenvalue weighted by atomic mass is 9.71. The maximum Gasteiger partial charge on any atom is 0.573 e. The quantitative estimate of drug-likeness (QED) is 0.308. The van der Waals surface area contributed by atoms with Crippen LogP contribution in [0.1, 0.15) is 16.7 Å². The first kappa shape index (κ1) is 29.3. The summed E-state index contributed by atoms with van der Waals surface area (Å²) in [6, 6.07) is 12.2. The van der Waals surface area contributed by atoms with Gasteiger partial charge in [0.15, 0.2) is 6.10 Å². The van der Waals surface area contributed by atoms with Gasteiger partial charge in [-0.15, -0.1) is 26.3 Å². The molecule has 0 bridgehead atoms. The molecule has 0 radical (unpaired) electrons. The van der Waals surface area contributed by atoms with E-state index in [0.29, 0.717) is 0 Å². The molecular formula is C26H19F10NO3. The molecule has 2 atom stereocenters. The van der Waals surface area contributed by atoms with Crippen LogP contribution in [0.5, 0.6) is 11.5 Å². The number of aliphatic hydroxyl groups is 1. The molecule has 4 rings (SSSR count). The summed E-state index contributed by atoms with van der Waals surface area (Å²) < 4.78 is 139. The number of nitrogens with zero attached hydrogens (tertiary/aromatic N) is 1. The van der Waals surface area contributed by atoms with E-state index in [9.17, 15) is 49.0 Å². The highest BCUT2D eigenvalue weighted by Gasteiger charge is 2.48. The van der Waals surface area contributed by atoms with Crippen molar-refractivity contribution in [1.82, 2.24) is 0 Å². The van der Waals surface area contributed by atoms with Gasteiger partial charge in [-0.3, -0.25) is 0 Å². The summed E-state index contributed by atoms with van der Waals surface area (Å²) in [4.78, 5) is 1.10. The Morgan fingerprint density at radius 3 is 2.00 bits per heavy atom. The molecule has 1 aliphatic rings. The maximum absolute atomic E-state index is 14.5. The Bertz CT molecular complexity index is 1360. The first-order valence-corrected chi connectivity index (χ1v) is 11.5. The number of ether oxygens (including phenoxy) is 2. The molecule has 0 aromatic heterocycles. The second-order valence-corrected chi connectivity index (χ2v) is 9.13. The van der Waals surface area contributed by atoms with Crippen molar-refractivity contribution in [3.8, 4) is 11.5 Å². The zero-order valence-corrected chi connectivity index (χ0v) is 20.0. The smallest absolute Gasteiger partial charge is 0.406 e. The Morgan fingerprint density at radius 1 is 0.800 bits per heavy atom. The summed E-state index contributed by atoms with van der Waals surface area (Å²) >= 11 is 0. The Balaban J connectivity index is 1.87. The summed E-state index contributed by atoms with van der Waals surface area (Å²) in [5.41, 5.74) is -1.29. The maximum atomic E-state index is 14.5. The van der Waals surface area contributed by atoms with Gasteiger partial charge in [-0.2, -0.15) is 13.2 Å². The molecule has 14 heteroatoms. The van der Waals surface area contributed by atoms with Gasteiger partial charge in [0, 0.05) is 17.6 Å². The molecule has 0 aliphatic carbocycles. The number of hydrogen-bond donors (Lipinski definition) is 1. The van der Waals surface area contributed by atoms with Crippen molar-refractivity contribution < 1.29 is 58.5 Å². The third-order valence-electron chi connectivity index (χ3n) is 6.30. The van der Waals surface area contributed by atoms with E-state index in [0.717, 1.165) is 47.4 Å². The van der Waals surface area contributed by atoms with Crippen molar-refractivity contribution in [3.63, 3.8) is 0 Å². The van der Waals surface area contributed by atoms with Crippen molar-refractivity contribution in [2.75, 3.05) is 18.0 Å². The van der Waals surface area contributed by atoms with E-state index in [1.165, 1.54) is 24.3 Å². The topological polar surface area (TPSA) is 41.9 Å². The molecule has 40 heavy (non-hydrogen) atoms. The molecule has 3 aromatic carbocycles. The Labute approximate surface area is 220 Å². The minimum Gasteiger partial charge on any atom is -0.406 e. The van der Waals surface area contributed by atoms with Crippen molar-refractivity contribution in [1.29, 1.82) is 0 Å². The number of anilines is 1. The molecule has 2 unspecified atom stereocenters. The number of alkyl halides is 9. The Morgan fingerprint density at radius 2 is 1.40 bits per heavy atom. The van der Waals surface area contributed by atoms with Gasteiger partial charge >= 0.3 is 18.9 Å². The van der Waals surface area contributed by atoms with Gasteiger partial charge in [-0.05, 0) is 65.6 Å². The SMILES string of the molecule is OC(CN1CC(Cc2cccc(OC(F)(F)F)c2)(c2cccc(OC(F)(F)F)c2)c2cc(F)ccc21)C(F)(F)F. The van der Waals surface area contributed by atoms with Crippen molar-refractivity contribution in [3.05, 3.63) is 89.2 Å². The molecule has 3 aromatic rings. The molecule has 216 valence electrons. The van der Waals surface area contributed by atoms with E-state index in [1.54, 1.807) is 0 Å². The average Bonchev–Trinajstić information content (AvgIpc) is 3.10. The van der Waals surface area contributed by atoms with Crippen LogP contribution in [0, 0.1) is 5.82 Å². The first-order valence-electron chi connectivity index (χ1n) is 11.5. The van der Waals surface area contributed by atoms with Crippen molar-refractivity contribution in [2.24, 2.45) is 0 Å². The standard InChI is InChI=1S/C26H19F10NO3/c27-17-7-8-21-20(11-17)23(14-37(21)13-22(38)24(28,29)30,16-4-2-6-19(10-16)40-26(34,35)36)12-15-3-1-5-18(9-15)39-25(31,32)33/h1-11,22,38H,12-14H2. The summed E-state index contributed by atoms with van der Waals surface area (Å²) in [5.74, 6) is -2.11. The van der Waals surface area contributed by atoms with E-state index in [2.05, 4.69) is 9.47 Å². The van der Waals surface area contributed by atoms with E-state index < -0.39 is 60.8 Å². The molecule has 4 nitrogen and oxygen atoms in total. The number of hydrogen-bond acceptors (Lipinski definition) is 4. The fourth-order valence-corrected chi connectivity index (χ4v) is 4.83. The Hall–Kier alpha value is -3.68. The largest absolute Gasteiger partial charge is 0.573 e. The second kappa shape index (κ2) is 10.4. The molecule has 0 fully saturated rings. The van der Waals surface area contributed by atoms with E-state index in [1.807, 2.05) is 0 Å². The molecule has 1 aliphatic heterocycles. The summed E-state index contributed by atoms with van der Waals surface area (Å²) in [5, 5.41) is 9.76. The van der Waals surface area contributed by atoms with Gasteiger partial charge in [-0.1, -0.05) is 24.3 Å². The normalized spacial score (nSPS) is 18.4. The van der Waals surface area contributed by atoms with Crippen LogP contribution in [0.3, 0.4) is 0 Å². The van der Waals surface area contributed by atoms with Crippen molar-refractivity contribution in [2.45, 2.75) is 36.8 Å². The minimum absolute atomic E-state index is 0.0484. The van der Waals surface area contributed by atoms with Gasteiger partial charge in [0.2, 0.25) is 0 Å². The fourth-order valence-electron chi connectivity index (χ4n) is 4.83. The van der Waals surface area contributed by atoms with Crippen LogP contribution >= 0.6 is 0 Å². The van der Waals surface area contributed by atoms with Gasteiger partial charge in [-0.25, -0.2) is 4.39 Å². The van der Waals surface area contributed by atoms with E-state index in [-0.39, 0.29) is 28.8 Å². The summed E-state index contributed by atoms with van der Waals surface area (Å²) in [6.45, 7) is -1.40. The van der Waals surface area contributed by atoms with Crippen LogP contribution in [0.2, 0.25) is 0 Å². The van der Waals surface area contributed by atoms with Crippen LogP contribution in [0.4, 0.5) is 49.6 Å². The molecular weight excluding hydrogens is 564 g/mol. The van der Waals surface area contributed by atoms with Gasteiger partial charge < -0.3 is 19.5 Å². The van der Waals surface area contributed by atoms with Gasteiger partial charge in [0.1, 0.15) is 17.3 Å². The molecule has 0 saturated carbocycles. The predicted molar refractivity (Wildman–Crippen MR) is 121 cm³/mol. The fraction of sp³-hybridized carbons (Fsp3) is 0.308. The van der Waals surface area contributed by atoms with Crippen LogP contribution in [-0.2, 0) is 11.8 Å². The molecule has 0 spiro atoms. The van der Waals surface area contributed by atoms with E-state index in [4.69, 9.17) is 0 Å². The Kier molecular flexibility index (Phi) is 7.60. The number of benzene rings is 3. The number of aliphatic hydroxyl groups excluding tert-OH is 1. The monoisotopic (exact) mass is 583 g/mol. The van der Waals surface area contributed by atoms with Crippen LogP contribution in [0.15, 0.2) is 66.7 Å². The molecule has 0 amide bonds. The minimum atomic E-state index is -5.09. The van der Waals surface area contributed by atoms with Gasteiger partial charge in [0.05, 0.1) is 6.54 Å². The molecule has 0 saturated heterocycles. The highest BCUT2D eigenvalue weighted by molar-refractivity contribution is 5.67. The second-order valence-electron chi connectivity index (χ2n) is 9.13. The van der Waals surface area contributed by atoms with Crippen molar-refractivity contribution >= 4 is 5.69 Å². The third-order valence-corrected chi connectivity index (χ3v) is 6.30. The lowest BCUT2D eigenvalue weighted by Gasteiger charge is -2.33. The molecule has 1 heterocycles. The highest BCUT2D eigenvalue weighted by atomic mass is 19.4. The summed E-state index contributed by atoms with van der Waals surface area (Å²) in [6.07, 6.45) is -18.3. The first-order chi connectivity index (χ1) is 18.5. The van der Waals surface area contributed by atoms with Crippen LogP contribution in [0.25, 0.3) is 0 Å². The number of halogens is 10. The lowest BCUT2D eigenvalue weighted by molar-refractivity contribution is -0.275. The van der Waals surface area contributed by atoms with Crippen LogP contribution in [-0.4, -0.2) is 43.2 Å². The summed E-state index contributed by atoms with van der Waals surface area (Å²) in [7, 11) is 0. The van der Waals surface area contributed by atoms with E-state index >= 15 is 0 Å². The van der Waals surface area contributed by atoms with Gasteiger partial charge in [0.25, 0.3) is 0 Å². The number of β-amino-alcohol motifs (C(OH)–C–C–N with tert-alkyl or cyclic N) is 1. The third kappa shape index (κ3) is 6.72. The molecule has 1 N–H and O–H groups in total. The number of rotatable bonds is 7. The number of fused-ring (bicyclic) bond motifs is 1. The predicted octanol–water partition coefficient (Wildman–Crippen LogP) is 6.89. The van der Waals surface area contributed by atoms with Crippen LogP contribution < -0.4 is 14.4 Å². The zero-order valence-electron chi connectivity index (χ0n) is 20.0. The highest BCUT2D eigenvalue weighted by Crippen LogP contribution is 2.49.